The summed E-state index contributed by atoms with van der Waals surface area (Å²) < 4.78 is 158. The number of allylic oxidation sites excluding steroid dienone is 4. The van der Waals surface area contributed by atoms with E-state index in [-0.39, 0.29) is 0 Å². The molecule has 0 amide bonds. The Morgan fingerprint density at radius 2 is 0.852 bits per heavy atom. The highest BCUT2D eigenvalue weighted by molar-refractivity contribution is 14.1. The Hall–Kier alpha value is -0.100. The van der Waals surface area contributed by atoms with Crippen LogP contribution in [0.3, 0.4) is 0 Å². The van der Waals surface area contributed by atoms with Crippen molar-refractivity contribution in [2.24, 2.45) is 0 Å². The quantitative estimate of drug-likeness (QED) is 0.115. The lowest BCUT2D eigenvalue weighted by atomic mass is 10.1. The summed E-state index contributed by atoms with van der Waals surface area (Å²) in [4.78, 5) is 0. The molecule has 0 atom stereocenters. The van der Waals surface area contributed by atoms with Crippen molar-refractivity contribution in [1.29, 1.82) is 0 Å². The molecule has 0 aliphatic carbocycles. The van der Waals surface area contributed by atoms with Crippen LogP contribution in [0.15, 0.2) is 23.2 Å². The average Bonchev–Trinajstić information content (AvgIpc) is 2.45. The van der Waals surface area contributed by atoms with Gasteiger partial charge in [-0.1, -0.05) is 45.2 Å². The van der Waals surface area contributed by atoms with Crippen LogP contribution >= 0.6 is 45.2 Å². The van der Waals surface area contributed by atoms with E-state index in [1.807, 2.05) is 0 Å². The van der Waals surface area contributed by atoms with E-state index < -0.39 is 69.1 Å². The molecule has 27 heavy (non-hydrogen) atoms. The van der Waals surface area contributed by atoms with E-state index in [2.05, 4.69) is 4.74 Å². The highest BCUT2D eigenvalue weighted by Gasteiger charge is 2.67. The first kappa shape index (κ1) is 26.9. The summed E-state index contributed by atoms with van der Waals surface area (Å²) in [5.74, 6) is -23.8. The molecule has 0 saturated heterocycles. The van der Waals surface area contributed by atoms with Crippen molar-refractivity contribution in [2.75, 3.05) is 8.86 Å². The first-order chi connectivity index (χ1) is 11.9. The van der Waals surface area contributed by atoms with Crippen molar-refractivity contribution in [2.45, 2.75) is 37.0 Å². The van der Waals surface area contributed by atoms with Gasteiger partial charge in [0.25, 0.3) is 0 Å². The molecule has 0 unspecified atom stereocenters. The van der Waals surface area contributed by atoms with E-state index in [4.69, 9.17) is 0 Å². The van der Waals surface area contributed by atoms with Crippen LogP contribution in [0.4, 0.5) is 52.7 Å². The average molecular weight is 650 g/mol. The molecular formula is C12H8F12I2O. The van der Waals surface area contributed by atoms with Crippen molar-refractivity contribution in [3.8, 4) is 0 Å². The van der Waals surface area contributed by atoms with E-state index in [9.17, 15) is 52.7 Å². The summed E-state index contributed by atoms with van der Waals surface area (Å²) in [7, 11) is 0. The van der Waals surface area contributed by atoms with E-state index in [1.54, 1.807) is 0 Å². The van der Waals surface area contributed by atoms with Crippen LogP contribution in [0.2, 0.25) is 0 Å². The first-order valence-corrected chi connectivity index (χ1v) is 9.47. The summed E-state index contributed by atoms with van der Waals surface area (Å²) in [6.07, 6.45) is -15.7. The topological polar surface area (TPSA) is 9.23 Å². The zero-order chi connectivity index (χ0) is 21.8. The second-order valence-electron chi connectivity index (χ2n) is 4.59. The third-order valence-corrected chi connectivity index (χ3v) is 3.69. The maximum absolute atomic E-state index is 13.7. The van der Waals surface area contributed by atoms with E-state index in [0.29, 0.717) is 0 Å². The molecule has 0 aliphatic rings. The Morgan fingerprint density at radius 3 is 1.04 bits per heavy atom. The van der Waals surface area contributed by atoms with Crippen molar-refractivity contribution in [1.82, 2.24) is 0 Å². The third-order valence-electron chi connectivity index (χ3n) is 2.61. The Bertz CT molecular complexity index is 526. The predicted octanol–water partition coefficient (Wildman–Crippen LogP) is 7.41. The van der Waals surface area contributed by atoms with Crippen LogP contribution in [0.5, 0.6) is 0 Å². The van der Waals surface area contributed by atoms with Crippen LogP contribution in [-0.4, -0.2) is 33.1 Å². The minimum atomic E-state index is -6.61. The molecule has 0 aromatic carbocycles. The molecule has 0 bridgehead atoms. The summed E-state index contributed by atoms with van der Waals surface area (Å²) in [6.45, 7) is 0. The zero-order valence-corrected chi connectivity index (χ0v) is 16.8. The van der Waals surface area contributed by atoms with E-state index in [1.165, 1.54) is 45.2 Å². The van der Waals surface area contributed by atoms with Crippen LogP contribution in [-0.2, 0) is 4.74 Å². The Kier molecular flexibility index (Phi) is 9.56. The second kappa shape index (κ2) is 9.60. The first-order valence-electron chi connectivity index (χ1n) is 6.42. The van der Waals surface area contributed by atoms with Crippen LogP contribution in [0.25, 0.3) is 0 Å². The normalized spacial score (nSPS) is 16.1. The Morgan fingerprint density at radius 1 is 0.593 bits per heavy atom. The molecule has 1 nitrogen and oxygen atoms in total. The maximum atomic E-state index is 13.7. The van der Waals surface area contributed by atoms with Gasteiger partial charge in [0.2, 0.25) is 11.5 Å². The Balaban J connectivity index is 6.61. The molecule has 160 valence electrons. The number of rotatable bonds is 8. The third kappa shape index (κ3) is 6.45. The second-order valence-corrected chi connectivity index (χ2v) is 6.75. The molecule has 0 aromatic heterocycles. The molecule has 0 rings (SSSR count). The fourth-order valence-electron chi connectivity index (χ4n) is 1.33. The van der Waals surface area contributed by atoms with Gasteiger partial charge in [-0.3, -0.25) is 0 Å². The summed E-state index contributed by atoms with van der Waals surface area (Å²) in [5.41, 5.74) is 0. The lowest BCUT2D eigenvalue weighted by molar-refractivity contribution is -0.291. The van der Waals surface area contributed by atoms with Crippen molar-refractivity contribution in [3.63, 3.8) is 0 Å². The standard InChI is InChI=1S/C12H8F12I2O/c13-5(1-3-25)7(9(15,16)11(19,20)21)27-8(6(14)2-4-26)10(17,18)12(22,23)24/h1-4H2. The fraction of sp³-hybridized carbons (Fsp3) is 0.667. The van der Waals surface area contributed by atoms with Gasteiger partial charge in [-0.25, -0.2) is 8.78 Å². The van der Waals surface area contributed by atoms with Gasteiger partial charge in [-0.2, -0.15) is 43.9 Å². The van der Waals surface area contributed by atoms with Crippen molar-refractivity contribution >= 4 is 45.2 Å². The number of alkyl halides is 12. The number of hydrogen-bond donors (Lipinski definition) is 0. The number of hydrogen-bond acceptors (Lipinski definition) is 1. The molecule has 0 heterocycles. The van der Waals surface area contributed by atoms with Gasteiger partial charge in [0.05, 0.1) is 0 Å². The lowest BCUT2D eigenvalue weighted by Gasteiger charge is -2.28. The van der Waals surface area contributed by atoms with Gasteiger partial charge >= 0.3 is 24.2 Å². The van der Waals surface area contributed by atoms with E-state index >= 15 is 0 Å². The van der Waals surface area contributed by atoms with Crippen LogP contribution in [0, 0.1) is 0 Å². The summed E-state index contributed by atoms with van der Waals surface area (Å²) in [6, 6.07) is 0. The monoisotopic (exact) mass is 650 g/mol. The lowest BCUT2D eigenvalue weighted by Crippen LogP contribution is -2.43. The molecule has 0 aromatic rings. The zero-order valence-electron chi connectivity index (χ0n) is 12.5. The van der Waals surface area contributed by atoms with Gasteiger partial charge in [-0.05, 0) is 0 Å². The largest absolute Gasteiger partial charge is 0.461 e. The smallest absolute Gasteiger partial charge is 0.447 e. The maximum Gasteiger partial charge on any atom is 0.461 e. The highest BCUT2D eigenvalue weighted by Crippen LogP contribution is 2.49. The number of halogens is 14. The summed E-state index contributed by atoms with van der Waals surface area (Å²) in [5, 5.41) is 0. The highest BCUT2D eigenvalue weighted by atomic mass is 127. The molecule has 15 heteroatoms. The summed E-state index contributed by atoms with van der Waals surface area (Å²) >= 11 is 2.61. The van der Waals surface area contributed by atoms with Gasteiger partial charge in [0, 0.05) is 21.7 Å². The molecule has 0 saturated carbocycles. The molecule has 0 spiro atoms. The molecule has 0 radical (unpaired) electrons. The molecular weight excluding hydrogens is 642 g/mol. The minimum absolute atomic E-state index is 0.463. The van der Waals surface area contributed by atoms with E-state index in [0.717, 1.165) is 0 Å². The van der Waals surface area contributed by atoms with Gasteiger partial charge in [0.1, 0.15) is 11.7 Å². The SMILES string of the molecule is FC(CCI)=C(OC(=C(F)CCI)C(F)(F)C(F)(F)F)C(F)(F)C(F)(F)F. The van der Waals surface area contributed by atoms with Gasteiger partial charge in [0.15, 0.2) is 0 Å². The Labute approximate surface area is 171 Å². The van der Waals surface area contributed by atoms with Crippen LogP contribution < -0.4 is 0 Å². The van der Waals surface area contributed by atoms with Crippen molar-refractivity contribution in [3.05, 3.63) is 23.2 Å². The van der Waals surface area contributed by atoms with Gasteiger partial charge < -0.3 is 4.74 Å². The molecule has 0 N–H and O–H groups in total. The minimum Gasteiger partial charge on any atom is -0.447 e. The van der Waals surface area contributed by atoms with Gasteiger partial charge in [-0.15, -0.1) is 0 Å². The fourth-order valence-corrected chi connectivity index (χ4v) is 2.28. The van der Waals surface area contributed by atoms with Crippen LogP contribution in [0.1, 0.15) is 12.8 Å². The molecule has 0 fully saturated rings. The molecule has 0 aliphatic heterocycles. The predicted molar refractivity (Wildman–Crippen MR) is 86.4 cm³/mol. The van der Waals surface area contributed by atoms with Crippen molar-refractivity contribution < 1.29 is 57.4 Å². The number of ether oxygens (including phenoxy) is 1.